The van der Waals surface area contributed by atoms with Crippen molar-refractivity contribution >= 4 is 57.2 Å². The van der Waals surface area contributed by atoms with Gasteiger partial charge in [-0.05, 0) is 163 Å². The van der Waals surface area contributed by atoms with E-state index in [0.29, 0.717) is 0 Å². The molecule has 2 aliphatic rings. The van der Waals surface area contributed by atoms with E-state index in [9.17, 15) is 0 Å². The van der Waals surface area contributed by atoms with Gasteiger partial charge >= 0.3 is 0 Å². The number of fused-ring (bicyclic) bond motifs is 4. The van der Waals surface area contributed by atoms with Crippen molar-refractivity contribution in [1.29, 1.82) is 0 Å². The van der Waals surface area contributed by atoms with Gasteiger partial charge in [0.2, 0.25) is 0 Å². The van der Waals surface area contributed by atoms with Gasteiger partial charge in [-0.25, -0.2) is 0 Å². The zero-order valence-electron chi connectivity index (χ0n) is 51.9. The zero-order valence-corrected chi connectivity index (χ0v) is 51.9. The largest absolute Gasteiger partial charge is 0.311 e. The molecule has 2 heterocycles. The highest BCUT2D eigenvalue weighted by molar-refractivity contribution is 7.00. The molecule has 11 rings (SSSR count). The van der Waals surface area contributed by atoms with Crippen LogP contribution in [0, 0.1) is 0 Å². The predicted octanol–water partition coefficient (Wildman–Crippen LogP) is 20.2. The molecule has 2 nitrogen and oxygen atoms in total. The molecule has 0 fully saturated rings. The lowest BCUT2D eigenvalue weighted by molar-refractivity contribution is 0.568. The van der Waals surface area contributed by atoms with Crippen molar-refractivity contribution < 1.29 is 0 Å². The average Bonchev–Trinajstić information content (AvgIpc) is 1.74. The Kier molecular flexibility index (Phi) is 13.5. The summed E-state index contributed by atoms with van der Waals surface area (Å²) in [4.78, 5) is 5.24. The molecule has 0 saturated carbocycles. The maximum atomic E-state index is 2.62. The third kappa shape index (κ3) is 10.2. The third-order valence-electron chi connectivity index (χ3n) is 17.3. The first-order valence-corrected chi connectivity index (χ1v) is 29.7. The van der Waals surface area contributed by atoms with E-state index in [-0.39, 0.29) is 39.2 Å². The minimum absolute atomic E-state index is 0.0109. The Morgan fingerprint density at radius 3 is 0.864 bits per heavy atom. The smallest absolute Gasteiger partial charge is 0.252 e. The van der Waals surface area contributed by atoms with Crippen LogP contribution in [0.4, 0.5) is 34.1 Å². The van der Waals surface area contributed by atoms with Gasteiger partial charge in [0.25, 0.3) is 6.71 Å². The van der Waals surface area contributed by atoms with E-state index >= 15 is 0 Å². The van der Waals surface area contributed by atoms with Gasteiger partial charge in [0, 0.05) is 34.1 Å². The molecule has 0 radical (unpaired) electrons. The van der Waals surface area contributed by atoms with Gasteiger partial charge < -0.3 is 9.80 Å². The second-order valence-electron chi connectivity index (χ2n) is 29.6. The molecule has 0 amide bonds. The lowest BCUT2D eigenvalue weighted by atomic mass is 9.33. The van der Waals surface area contributed by atoms with Gasteiger partial charge in [-0.15, -0.1) is 0 Å². The SMILES string of the molecule is CC(C)(C)c1cc(-c2ccccc2-c2ccc3c(c2)N(c2ccccc2C(C)(C)C)c2cccc4c2B3c2ccc(-c3ccccc3-c3cc(C(C)(C)C)cc(C(C)(C)C)c3)cc2N4c2ccccc2C(C)(C)C)cc(C(C)(C)C)c1. The van der Waals surface area contributed by atoms with Gasteiger partial charge in [0.15, 0.2) is 0 Å². The lowest BCUT2D eigenvalue weighted by Crippen LogP contribution is -2.61. The summed E-state index contributed by atoms with van der Waals surface area (Å²) in [6.07, 6.45) is 0. The van der Waals surface area contributed by atoms with Crippen molar-refractivity contribution in [3.8, 4) is 44.5 Å². The maximum absolute atomic E-state index is 2.62. The Balaban J connectivity index is 1.19. The maximum Gasteiger partial charge on any atom is 0.252 e. The summed E-state index contributed by atoms with van der Waals surface area (Å²) in [7, 11) is 0. The van der Waals surface area contributed by atoms with Crippen molar-refractivity contribution in [1.82, 2.24) is 0 Å². The number of anilines is 6. The molecular formula is C78H85BN2. The van der Waals surface area contributed by atoms with Crippen LogP contribution in [0.25, 0.3) is 44.5 Å². The van der Waals surface area contributed by atoms with E-state index < -0.39 is 0 Å². The molecule has 9 aromatic carbocycles. The Morgan fingerprint density at radius 1 is 0.247 bits per heavy atom. The first-order valence-electron chi connectivity index (χ1n) is 29.7. The van der Waals surface area contributed by atoms with Crippen LogP contribution in [-0.4, -0.2) is 6.71 Å². The fourth-order valence-corrected chi connectivity index (χ4v) is 12.7. The van der Waals surface area contributed by atoms with Crippen LogP contribution in [0.5, 0.6) is 0 Å². The van der Waals surface area contributed by atoms with Crippen LogP contribution in [-0.2, 0) is 32.5 Å². The fraction of sp³-hybridized carbons (Fsp3) is 0.308. The highest BCUT2D eigenvalue weighted by Gasteiger charge is 2.45. The second kappa shape index (κ2) is 19.7. The minimum Gasteiger partial charge on any atom is -0.311 e. The third-order valence-corrected chi connectivity index (χ3v) is 17.3. The van der Waals surface area contributed by atoms with E-state index in [4.69, 9.17) is 0 Å². The number of hydrogen-bond donors (Lipinski definition) is 0. The summed E-state index contributed by atoms with van der Waals surface area (Å²) in [5.41, 5.74) is 28.8. The topological polar surface area (TPSA) is 6.48 Å². The summed E-state index contributed by atoms with van der Waals surface area (Å²) in [5, 5.41) is 0. The summed E-state index contributed by atoms with van der Waals surface area (Å²) < 4.78 is 0. The molecule has 0 spiro atoms. The summed E-state index contributed by atoms with van der Waals surface area (Å²) in [5.74, 6) is 0. The molecule has 0 atom stereocenters. The van der Waals surface area contributed by atoms with Crippen LogP contribution < -0.4 is 26.2 Å². The molecule has 0 unspecified atom stereocenters. The first kappa shape index (κ1) is 55.5. The van der Waals surface area contributed by atoms with Gasteiger partial charge in [0.05, 0.1) is 0 Å². The molecule has 0 aromatic heterocycles. The highest BCUT2D eigenvalue weighted by atomic mass is 15.2. The molecule has 0 N–H and O–H groups in total. The van der Waals surface area contributed by atoms with Crippen LogP contribution in [0.3, 0.4) is 0 Å². The molecule has 3 heteroatoms. The molecule has 81 heavy (non-hydrogen) atoms. The molecule has 0 saturated heterocycles. The van der Waals surface area contributed by atoms with Crippen molar-refractivity contribution in [2.75, 3.05) is 9.80 Å². The summed E-state index contributed by atoms with van der Waals surface area (Å²) in [6.45, 7) is 42.1. The van der Waals surface area contributed by atoms with E-state index in [1.54, 1.807) is 0 Å². The van der Waals surface area contributed by atoms with Crippen molar-refractivity contribution in [2.45, 2.75) is 157 Å². The van der Waals surface area contributed by atoms with Crippen molar-refractivity contribution in [3.63, 3.8) is 0 Å². The number of para-hydroxylation sites is 2. The van der Waals surface area contributed by atoms with E-state index in [1.807, 2.05) is 0 Å². The van der Waals surface area contributed by atoms with E-state index in [2.05, 4.69) is 322 Å². The number of benzene rings is 9. The lowest BCUT2D eigenvalue weighted by Gasteiger charge is -2.45. The predicted molar refractivity (Wildman–Crippen MR) is 354 cm³/mol. The Morgan fingerprint density at radius 2 is 0.543 bits per heavy atom. The molecule has 0 bridgehead atoms. The number of hydrogen-bond acceptors (Lipinski definition) is 2. The molecule has 2 aliphatic heterocycles. The average molecular weight is 1060 g/mol. The van der Waals surface area contributed by atoms with Crippen LogP contribution in [0.15, 0.2) is 188 Å². The second-order valence-corrected chi connectivity index (χ2v) is 29.6. The van der Waals surface area contributed by atoms with Gasteiger partial charge in [-0.1, -0.05) is 276 Å². The van der Waals surface area contributed by atoms with E-state index in [1.165, 1.54) is 128 Å². The first-order chi connectivity index (χ1) is 38.0. The number of nitrogens with zero attached hydrogens (tertiary/aromatic N) is 2. The highest BCUT2D eigenvalue weighted by Crippen LogP contribution is 2.50. The zero-order chi connectivity index (χ0) is 57.9. The van der Waals surface area contributed by atoms with Gasteiger partial charge in [0.1, 0.15) is 0 Å². The molecular weight excluding hydrogens is 976 g/mol. The normalized spacial score (nSPS) is 13.7. The van der Waals surface area contributed by atoms with Crippen LogP contribution in [0.1, 0.15) is 158 Å². The Labute approximate surface area is 487 Å². The Hall–Kier alpha value is -7.36. The quantitative estimate of drug-likeness (QED) is 0.153. The fourth-order valence-electron chi connectivity index (χ4n) is 12.7. The van der Waals surface area contributed by atoms with Gasteiger partial charge in [-0.2, -0.15) is 0 Å². The standard InChI is InChI=1S/C78H85BN2/c1-73(2,3)54-42-52(43-55(48-54)74(4,5)6)60-30-21-19-28-58(60)50-38-40-64-70(46-50)80(66-34-25-23-32-62(66)77(13,14)15)68-36-27-37-69-72(68)79(64)65-41-39-51(47-71(65)81(69)67-35-26-24-33-63(67)78(16,17)18)59-29-20-22-31-61(59)53-44-56(75(7,8)9)49-57(45-53)76(10,11)12/h19-49H,1-18H3. The van der Waals surface area contributed by atoms with Crippen LogP contribution in [0.2, 0.25) is 0 Å². The number of rotatable bonds is 6. The molecule has 0 aliphatic carbocycles. The monoisotopic (exact) mass is 1060 g/mol. The van der Waals surface area contributed by atoms with E-state index in [0.717, 1.165) is 0 Å². The van der Waals surface area contributed by atoms with Gasteiger partial charge in [-0.3, -0.25) is 0 Å². The minimum atomic E-state index is -0.130. The van der Waals surface area contributed by atoms with Crippen LogP contribution >= 0.6 is 0 Å². The Bertz CT molecular complexity index is 3590. The van der Waals surface area contributed by atoms with Crippen molar-refractivity contribution in [3.05, 3.63) is 221 Å². The van der Waals surface area contributed by atoms with Crippen molar-refractivity contribution in [2.24, 2.45) is 0 Å². The summed E-state index contributed by atoms with van der Waals surface area (Å²) >= 11 is 0. The molecule has 410 valence electrons. The summed E-state index contributed by atoms with van der Waals surface area (Å²) in [6, 6.07) is 73.0. The molecule has 9 aromatic rings.